The first-order valence-corrected chi connectivity index (χ1v) is 17.8. The predicted molar refractivity (Wildman–Crippen MR) is 177 cm³/mol. The normalized spacial score (nSPS) is 17.1. The van der Waals surface area contributed by atoms with Gasteiger partial charge in [0.15, 0.2) is 5.82 Å². The minimum absolute atomic E-state index is 0.804. The van der Waals surface area contributed by atoms with E-state index in [1.165, 1.54) is 147 Å². The zero-order valence-corrected chi connectivity index (χ0v) is 26.9. The van der Waals surface area contributed by atoms with Gasteiger partial charge in [0.25, 0.3) is 0 Å². The van der Waals surface area contributed by atoms with Crippen LogP contribution in [-0.2, 0) is 6.42 Å². The Morgan fingerprint density at radius 1 is 0.585 bits per heavy atom. The van der Waals surface area contributed by atoms with Crippen molar-refractivity contribution in [3.8, 4) is 17.1 Å². The number of nitrogens with zero attached hydrogens (tertiary/aromatic N) is 2. The van der Waals surface area contributed by atoms with E-state index in [4.69, 9.17) is 4.74 Å². The molecule has 3 rings (SSSR count). The Balaban J connectivity index is 1.21. The van der Waals surface area contributed by atoms with Gasteiger partial charge in [0, 0.05) is 18.0 Å². The molecule has 0 amide bonds. The molecule has 0 radical (unpaired) electrons. The summed E-state index contributed by atoms with van der Waals surface area (Å²) in [6.45, 7) is 5.40. The van der Waals surface area contributed by atoms with E-state index in [1.54, 1.807) is 0 Å². The SMILES string of the molecule is CCCCCCCCCC[C@H]1CC[C@H](CCCOc2ccc(-c3ncc(CCCCCCCCC)cn3)cc2)CC1. The highest BCUT2D eigenvalue weighted by molar-refractivity contribution is 5.55. The number of aryl methyl sites for hydroxylation is 1. The van der Waals surface area contributed by atoms with E-state index < -0.39 is 0 Å². The number of hydrogen-bond donors (Lipinski definition) is 0. The molecule has 1 fully saturated rings. The van der Waals surface area contributed by atoms with Crippen LogP contribution in [0.4, 0.5) is 0 Å². The van der Waals surface area contributed by atoms with Crippen LogP contribution in [0.15, 0.2) is 36.7 Å². The van der Waals surface area contributed by atoms with Crippen molar-refractivity contribution in [3.63, 3.8) is 0 Å². The van der Waals surface area contributed by atoms with Gasteiger partial charge in [-0.1, -0.05) is 136 Å². The summed E-state index contributed by atoms with van der Waals surface area (Å²) < 4.78 is 6.08. The minimum Gasteiger partial charge on any atom is -0.494 e. The number of benzene rings is 1. The van der Waals surface area contributed by atoms with Crippen molar-refractivity contribution < 1.29 is 4.74 Å². The largest absolute Gasteiger partial charge is 0.494 e. The Hall–Kier alpha value is -1.90. The lowest BCUT2D eigenvalue weighted by Gasteiger charge is -2.28. The number of unbranched alkanes of at least 4 members (excludes halogenated alkanes) is 13. The second kappa shape index (κ2) is 21.8. The standard InChI is InChI=1S/C38H62N2O/c1-3-5-7-9-11-13-14-16-19-33-22-24-34(25-23-33)21-18-30-41-37-28-26-36(27-29-37)38-39-31-35(32-40-38)20-17-15-12-10-8-6-4-2/h26-29,31-34H,3-25,30H2,1-2H3/t33-,34-. The number of aromatic nitrogens is 2. The van der Waals surface area contributed by atoms with Gasteiger partial charge in [-0.15, -0.1) is 0 Å². The maximum absolute atomic E-state index is 6.08. The molecule has 230 valence electrons. The smallest absolute Gasteiger partial charge is 0.159 e. The van der Waals surface area contributed by atoms with Gasteiger partial charge in [-0.05, 0) is 67.3 Å². The highest BCUT2D eigenvalue weighted by atomic mass is 16.5. The maximum atomic E-state index is 6.08. The second-order valence-electron chi connectivity index (χ2n) is 13.0. The summed E-state index contributed by atoms with van der Waals surface area (Å²) in [5, 5.41) is 0. The van der Waals surface area contributed by atoms with Crippen molar-refractivity contribution in [2.45, 2.75) is 162 Å². The first kappa shape index (κ1) is 33.6. The molecule has 0 aliphatic heterocycles. The Morgan fingerprint density at radius 2 is 1.07 bits per heavy atom. The van der Waals surface area contributed by atoms with E-state index in [0.717, 1.165) is 42.0 Å². The topological polar surface area (TPSA) is 35.0 Å². The van der Waals surface area contributed by atoms with E-state index in [2.05, 4.69) is 48.1 Å². The molecular weight excluding hydrogens is 500 g/mol. The Labute approximate surface area is 253 Å². The Morgan fingerprint density at radius 3 is 1.63 bits per heavy atom. The van der Waals surface area contributed by atoms with Crippen molar-refractivity contribution in [1.29, 1.82) is 0 Å². The van der Waals surface area contributed by atoms with Crippen molar-refractivity contribution in [3.05, 3.63) is 42.2 Å². The van der Waals surface area contributed by atoms with Crippen molar-refractivity contribution >= 4 is 0 Å². The van der Waals surface area contributed by atoms with Crippen LogP contribution in [0.3, 0.4) is 0 Å². The lowest BCUT2D eigenvalue weighted by Crippen LogP contribution is -2.15. The quantitative estimate of drug-likeness (QED) is 0.126. The van der Waals surface area contributed by atoms with E-state index in [1.807, 2.05) is 12.4 Å². The fourth-order valence-electron chi connectivity index (χ4n) is 6.56. The summed E-state index contributed by atoms with van der Waals surface area (Å²) in [4.78, 5) is 9.27. The fraction of sp³-hybridized carbons (Fsp3) is 0.737. The van der Waals surface area contributed by atoms with Crippen LogP contribution in [-0.4, -0.2) is 16.6 Å². The van der Waals surface area contributed by atoms with Crippen LogP contribution in [0.1, 0.15) is 161 Å². The highest BCUT2D eigenvalue weighted by Crippen LogP contribution is 2.34. The molecule has 3 heteroatoms. The Kier molecular flexibility index (Phi) is 17.8. The molecule has 0 unspecified atom stereocenters. The average molecular weight is 563 g/mol. The summed E-state index contributed by atoms with van der Waals surface area (Å²) in [5.74, 6) is 3.68. The van der Waals surface area contributed by atoms with Gasteiger partial charge in [-0.2, -0.15) is 0 Å². The fourth-order valence-corrected chi connectivity index (χ4v) is 6.56. The van der Waals surface area contributed by atoms with Crippen molar-refractivity contribution in [2.75, 3.05) is 6.61 Å². The van der Waals surface area contributed by atoms with Crippen LogP contribution < -0.4 is 4.74 Å². The maximum Gasteiger partial charge on any atom is 0.159 e. The van der Waals surface area contributed by atoms with Crippen LogP contribution in [0, 0.1) is 11.8 Å². The van der Waals surface area contributed by atoms with Gasteiger partial charge in [0.05, 0.1) is 6.61 Å². The zero-order valence-electron chi connectivity index (χ0n) is 26.9. The van der Waals surface area contributed by atoms with Crippen LogP contribution in [0.5, 0.6) is 5.75 Å². The molecule has 1 aliphatic rings. The molecule has 2 aromatic rings. The van der Waals surface area contributed by atoms with E-state index >= 15 is 0 Å². The number of hydrogen-bond acceptors (Lipinski definition) is 3. The van der Waals surface area contributed by atoms with Crippen LogP contribution >= 0.6 is 0 Å². The van der Waals surface area contributed by atoms with E-state index in [9.17, 15) is 0 Å². The second-order valence-corrected chi connectivity index (χ2v) is 13.0. The monoisotopic (exact) mass is 562 g/mol. The van der Waals surface area contributed by atoms with Gasteiger partial charge < -0.3 is 4.74 Å². The third-order valence-corrected chi connectivity index (χ3v) is 9.34. The van der Waals surface area contributed by atoms with Gasteiger partial charge in [-0.25, -0.2) is 9.97 Å². The molecule has 1 heterocycles. The third kappa shape index (κ3) is 14.7. The molecule has 0 atom stereocenters. The molecule has 0 N–H and O–H groups in total. The molecule has 1 saturated carbocycles. The molecule has 0 spiro atoms. The number of ether oxygens (including phenoxy) is 1. The van der Waals surface area contributed by atoms with Gasteiger partial charge in [0.2, 0.25) is 0 Å². The summed E-state index contributed by atoms with van der Waals surface area (Å²) in [6.07, 6.45) is 35.8. The van der Waals surface area contributed by atoms with Crippen molar-refractivity contribution in [1.82, 2.24) is 9.97 Å². The van der Waals surface area contributed by atoms with Gasteiger partial charge in [0.1, 0.15) is 5.75 Å². The molecule has 1 aromatic heterocycles. The summed E-state index contributed by atoms with van der Waals surface area (Å²) in [7, 11) is 0. The van der Waals surface area contributed by atoms with Crippen LogP contribution in [0.2, 0.25) is 0 Å². The van der Waals surface area contributed by atoms with Crippen molar-refractivity contribution in [2.24, 2.45) is 11.8 Å². The molecule has 0 bridgehead atoms. The molecule has 41 heavy (non-hydrogen) atoms. The highest BCUT2D eigenvalue weighted by Gasteiger charge is 2.20. The lowest BCUT2D eigenvalue weighted by molar-refractivity contribution is 0.228. The zero-order chi connectivity index (χ0) is 28.8. The van der Waals surface area contributed by atoms with Crippen LogP contribution in [0.25, 0.3) is 11.4 Å². The molecule has 1 aromatic carbocycles. The van der Waals surface area contributed by atoms with Gasteiger partial charge in [-0.3, -0.25) is 0 Å². The third-order valence-electron chi connectivity index (χ3n) is 9.34. The molecule has 0 saturated heterocycles. The minimum atomic E-state index is 0.804. The van der Waals surface area contributed by atoms with E-state index in [-0.39, 0.29) is 0 Å². The first-order valence-electron chi connectivity index (χ1n) is 17.8. The predicted octanol–water partition coefficient (Wildman–Crippen LogP) is 11.9. The summed E-state index contributed by atoms with van der Waals surface area (Å²) in [6, 6.07) is 8.33. The molecule has 1 aliphatic carbocycles. The molecular formula is C38H62N2O. The molecule has 3 nitrogen and oxygen atoms in total. The van der Waals surface area contributed by atoms with Gasteiger partial charge >= 0.3 is 0 Å². The lowest BCUT2D eigenvalue weighted by atomic mass is 9.78. The number of rotatable bonds is 23. The van der Waals surface area contributed by atoms with E-state index in [0.29, 0.717) is 0 Å². The average Bonchev–Trinajstić information content (AvgIpc) is 3.01. The first-order chi connectivity index (χ1) is 20.3. The summed E-state index contributed by atoms with van der Waals surface area (Å²) in [5.41, 5.74) is 2.31. The summed E-state index contributed by atoms with van der Waals surface area (Å²) >= 11 is 0. The Bertz CT molecular complexity index is 870.